The summed E-state index contributed by atoms with van der Waals surface area (Å²) in [7, 11) is 6.84. The number of methoxy groups -OCH3 is 2. The number of aromatic hydroxyl groups is 1. The number of ketones is 1. The van der Waals surface area contributed by atoms with Gasteiger partial charge in [0.25, 0.3) is 11.7 Å². The molecule has 1 atom stereocenters. The van der Waals surface area contributed by atoms with Crippen LogP contribution in [0.4, 0.5) is 0 Å². The van der Waals surface area contributed by atoms with Crippen molar-refractivity contribution in [2.45, 2.75) is 19.4 Å². The number of ether oxygens (including phenoxy) is 2. The molecule has 1 saturated heterocycles. The Hall–Kier alpha value is -3.52. The molecule has 0 aliphatic carbocycles. The van der Waals surface area contributed by atoms with Crippen molar-refractivity contribution >= 4 is 17.4 Å². The first-order valence-electron chi connectivity index (χ1n) is 10.6. The molecule has 1 fully saturated rings. The van der Waals surface area contributed by atoms with Crippen molar-refractivity contribution in [3.05, 3.63) is 58.7 Å². The minimum absolute atomic E-state index is 0.00543. The number of carbonyl (C=O) groups is 2. The van der Waals surface area contributed by atoms with E-state index < -0.39 is 17.7 Å². The Balaban J connectivity index is 2.16. The summed E-state index contributed by atoms with van der Waals surface area (Å²) in [5, 5.41) is 21.3. The van der Waals surface area contributed by atoms with Crippen LogP contribution in [-0.4, -0.2) is 73.1 Å². The summed E-state index contributed by atoms with van der Waals surface area (Å²) < 4.78 is 10.5. The molecule has 176 valence electrons. The fourth-order valence-corrected chi connectivity index (χ4v) is 4.05. The molecule has 0 spiro atoms. The SMILES string of the molecule is COc1ccc(C(O)=C2C(=O)C(=O)N(CCCN(C)C)[C@H]2c2ccc(O)c(OC)c2)c(C)c1. The number of benzene rings is 2. The monoisotopic (exact) mass is 454 g/mol. The number of hydrogen-bond acceptors (Lipinski definition) is 7. The average molecular weight is 455 g/mol. The van der Waals surface area contributed by atoms with Crippen LogP contribution in [0.15, 0.2) is 42.0 Å². The summed E-state index contributed by atoms with van der Waals surface area (Å²) in [5.41, 5.74) is 1.71. The Kier molecular flexibility index (Phi) is 7.28. The summed E-state index contributed by atoms with van der Waals surface area (Å²) in [4.78, 5) is 29.6. The van der Waals surface area contributed by atoms with Crippen molar-refractivity contribution in [3.8, 4) is 17.2 Å². The summed E-state index contributed by atoms with van der Waals surface area (Å²) in [6.45, 7) is 2.85. The molecule has 33 heavy (non-hydrogen) atoms. The van der Waals surface area contributed by atoms with E-state index in [-0.39, 0.29) is 22.8 Å². The van der Waals surface area contributed by atoms with Gasteiger partial charge in [-0.3, -0.25) is 9.59 Å². The number of aliphatic hydroxyl groups excluding tert-OH is 1. The number of aliphatic hydroxyl groups is 1. The van der Waals surface area contributed by atoms with Gasteiger partial charge in [-0.15, -0.1) is 0 Å². The predicted octanol–water partition coefficient (Wildman–Crippen LogP) is 3.09. The third-order valence-electron chi connectivity index (χ3n) is 5.75. The third kappa shape index (κ3) is 4.80. The number of Topliss-reactive ketones (excluding diaryl/α,β-unsaturated/α-hetero) is 1. The number of aryl methyl sites for hydroxylation is 1. The largest absolute Gasteiger partial charge is 0.507 e. The highest BCUT2D eigenvalue weighted by Gasteiger charge is 2.46. The van der Waals surface area contributed by atoms with Crippen LogP contribution in [0.5, 0.6) is 17.2 Å². The third-order valence-corrected chi connectivity index (χ3v) is 5.75. The molecular weight excluding hydrogens is 424 g/mol. The molecule has 2 aromatic carbocycles. The number of carbonyl (C=O) groups excluding carboxylic acids is 2. The normalized spacial score (nSPS) is 17.6. The molecule has 2 N–H and O–H groups in total. The van der Waals surface area contributed by atoms with Crippen LogP contribution in [0.1, 0.15) is 29.2 Å². The fraction of sp³-hybridized carbons (Fsp3) is 0.360. The van der Waals surface area contributed by atoms with Gasteiger partial charge >= 0.3 is 0 Å². The maximum absolute atomic E-state index is 13.1. The molecule has 0 bridgehead atoms. The van der Waals surface area contributed by atoms with Crippen molar-refractivity contribution in [1.29, 1.82) is 0 Å². The minimum atomic E-state index is -0.817. The second kappa shape index (κ2) is 9.95. The lowest BCUT2D eigenvalue weighted by molar-refractivity contribution is -0.139. The molecular formula is C25H30N2O6. The topological polar surface area (TPSA) is 99.5 Å². The second-order valence-electron chi connectivity index (χ2n) is 8.26. The van der Waals surface area contributed by atoms with E-state index in [0.29, 0.717) is 35.4 Å². The van der Waals surface area contributed by atoms with Crippen LogP contribution in [0.2, 0.25) is 0 Å². The van der Waals surface area contributed by atoms with Gasteiger partial charge in [-0.1, -0.05) is 6.07 Å². The van der Waals surface area contributed by atoms with E-state index in [1.165, 1.54) is 18.1 Å². The number of amides is 1. The van der Waals surface area contributed by atoms with Crippen LogP contribution in [0, 0.1) is 6.92 Å². The molecule has 0 saturated carbocycles. The lowest BCUT2D eigenvalue weighted by atomic mass is 9.93. The zero-order valence-corrected chi connectivity index (χ0v) is 19.6. The van der Waals surface area contributed by atoms with Gasteiger partial charge in [-0.25, -0.2) is 0 Å². The Morgan fingerprint density at radius 3 is 2.42 bits per heavy atom. The first kappa shape index (κ1) is 24.1. The molecule has 0 unspecified atom stereocenters. The summed E-state index contributed by atoms with van der Waals surface area (Å²) in [5.74, 6) is -0.888. The summed E-state index contributed by atoms with van der Waals surface area (Å²) >= 11 is 0. The van der Waals surface area contributed by atoms with Crippen molar-refractivity contribution < 1.29 is 29.3 Å². The molecule has 1 amide bonds. The quantitative estimate of drug-likeness (QED) is 0.359. The van der Waals surface area contributed by atoms with Gasteiger partial charge in [0.1, 0.15) is 11.5 Å². The number of phenols is 1. The van der Waals surface area contributed by atoms with Crippen molar-refractivity contribution in [1.82, 2.24) is 9.80 Å². The maximum Gasteiger partial charge on any atom is 0.295 e. The van der Waals surface area contributed by atoms with Gasteiger partial charge in [-0.05, 0) is 75.4 Å². The van der Waals surface area contributed by atoms with Crippen LogP contribution in [0.3, 0.4) is 0 Å². The molecule has 8 nitrogen and oxygen atoms in total. The zero-order chi connectivity index (χ0) is 24.3. The van der Waals surface area contributed by atoms with E-state index in [0.717, 1.165) is 6.54 Å². The number of hydrogen-bond donors (Lipinski definition) is 2. The number of nitrogens with zero attached hydrogens (tertiary/aromatic N) is 2. The van der Waals surface area contributed by atoms with Crippen molar-refractivity contribution in [2.24, 2.45) is 0 Å². The highest BCUT2D eigenvalue weighted by Crippen LogP contribution is 2.42. The van der Waals surface area contributed by atoms with Crippen molar-refractivity contribution in [2.75, 3.05) is 41.4 Å². The molecule has 1 aliphatic heterocycles. The standard InChI is InChI=1S/C25H30N2O6/c1-15-13-17(32-4)8-9-18(15)23(29)21-22(16-7-10-19(28)20(14-16)33-5)27(25(31)24(21)30)12-6-11-26(2)3/h7-10,13-14,22,28-29H,6,11-12H2,1-5H3/t22-/m0/s1. The Morgan fingerprint density at radius 2 is 1.82 bits per heavy atom. The molecule has 0 radical (unpaired) electrons. The lowest BCUT2D eigenvalue weighted by Gasteiger charge is -2.26. The van der Waals surface area contributed by atoms with E-state index in [4.69, 9.17) is 9.47 Å². The second-order valence-corrected chi connectivity index (χ2v) is 8.26. The van der Waals surface area contributed by atoms with E-state index in [1.54, 1.807) is 44.4 Å². The van der Waals surface area contributed by atoms with Gasteiger partial charge in [0, 0.05) is 12.1 Å². The number of rotatable bonds is 8. The maximum atomic E-state index is 13.1. The summed E-state index contributed by atoms with van der Waals surface area (Å²) in [6.07, 6.45) is 0.646. The van der Waals surface area contributed by atoms with Gasteiger partial charge in [-0.2, -0.15) is 0 Å². The first-order chi connectivity index (χ1) is 15.7. The van der Waals surface area contributed by atoms with Gasteiger partial charge < -0.3 is 29.5 Å². The Morgan fingerprint density at radius 1 is 1.09 bits per heavy atom. The zero-order valence-electron chi connectivity index (χ0n) is 19.6. The van der Waals surface area contributed by atoms with Crippen LogP contribution in [-0.2, 0) is 9.59 Å². The van der Waals surface area contributed by atoms with E-state index in [2.05, 4.69) is 0 Å². The molecule has 3 rings (SSSR count). The van der Waals surface area contributed by atoms with Crippen LogP contribution < -0.4 is 9.47 Å². The van der Waals surface area contributed by atoms with E-state index in [9.17, 15) is 19.8 Å². The Labute approximate surface area is 193 Å². The molecule has 0 aromatic heterocycles. The molecule has 1 heterocycles. The van der Waals surface area contributed by atoms with Gasteiger partial charge in [0.15, 0.2) is 11.5 Å². The average Bonchev–Trinajstić information content (AvgIpc) is 3.03. The van der Waals surface area contributed by atoms with Gasteiger partial charge in [0.2, 0.25) is 0 Å². The van der Waals surface area contributed by atoms with Crippen LogP contribution in [0.25, 0.3) is 5.76 Å². The first-order valence-corrected chi connectivity index (χ1v) is 10.6. The summed E-state index contributed by atoms with van der Waals surface area (Å²) in [6, 6.07) is 8.95. The number of phenolic OH excluding ortho intramolecular Hbond substituents is 1. The van der Waals surface area contributed by atoms with E-state index in [1.807, 2.05) is 19.0 Å². The van der Waals surface area contributed by atoms with Crippen molar-refractivity contribution in [3.63, 3.8) is 0 Å². The molecule has 2 aromatic rings. The predicted molar refractivity (Wildman–Crippen MR) is 125 cm³/mol. The highest BCUT2D eigenvalue weighted by molar-refractivity contribution is 6.46. The highest BCUT2D eigenvalue weighted by atomic mass is 16.5. The Bertz CT molecular complexity index is 1090. The minimum Gasteiger partial charge on any atom is -0.507 e. The van der Waals surface area contributed by atoms with Gasteiger partial charge in [0.05, 0.1) is 25.8 Å². The van der Waals surface area contributed by atoms with Crippen LogP contribution >= 0.6 is 0 Å². The fourth-order valence-electron chi connectivity index (χ4n) is 4.05. The number of likely N-dealkylation sites (tertiary alicyclic amines) is 1. The molecule has 1 aliphatic rings. The van der Waals surface area contributed by atoms with E-state index >= 15 is 0 Å². The molecule has 8 heteroatoms. The lowest BCUT2D eigenvalue weighted by Crippen LogP contribution is -2.32. The smallest absolute Gasteiger partial charge is 0.295 e.